The van der Waals surface area contributed by atoms with Crippen molar-refractivity contribution in [3.63, 3.8) is 0 Å². The topological polar surface area (TPSA) is 223 Å². The third-order valence-electron chi connectivity index (χ3n) is 18.7. The van der Waals surface area contributed by atoms with Crippen LogP contribution in [0.1, 0.15) is 95.6 Å². The lowest BCUT2D eigenvalue weighted by atomic mass is 10.1. The van der Waals surface area contributed by atoms with Crippen LogP contribution in [0, 0.1) is 0 Å². The fourth-order valence-electron chi connectivity index (χ4n) is 12.6. The maximum absolute atomic E-state index is 11.5. The Hall–Kier alpha value is -13.8. The van der Waals surface area contributed by atoms with Gasteiger partial charge in [-0.1, -0.05) is 147 Å². The molecule has 0 saturated heterocycles. The molecule has 0 radical (unpaired) electrons. The maximum atomic E-state index is 11.5. The van der Waals surface area contributed by atoms with Crippen LogP contribution in [0.2, 0.25) is 0 Å². The zero-order chi connectivity index (χ0) is 82.2. The van der Waals surface area contributed by atoms with Crippen molar-refractivity contribution in [2.24, 2.45) is 0 Å². The molecule has 0 amide bonds. The zero-order valence-corrected chi connectivity index (χ0v) is 69.2. The van der Waals surface area contributed by atoms with E-state index in [-0.39, 0.29) is 19.0 Å². The van der Waals surface area contributed by atoms with Crippen molar-refractivity contribution in [2.75, 3.05) is 33.5 Å². The van der Waals surface area contributed by atoms with Gasteiger partial charge in [-0.25, -0.2) is 44.7 Å². The van der Waals surface area contributed by atoms with Gasteiger partial charge in [0.15, 0.2) is 28.9 Å². The highest BCUT2D eigenvalue weighted by Crippen LogP contribution is 2.38. The van der Waals surface area contributed by atoms with Crippen LogP contribution >= 0.6 is 7.92 Å². The van der Waals surface area contributed by atoms with E-state index >= 15 is 0 Å². The molecule has 0 unspecified atom stereocenters. The number of benzene rings is 9. The highest BCUT2D eigenvalue weighted by molar-refractivity contribution is 7.72. The predicted octanol–water partition coefficient (Wildman–Crippen LogP) is 16.4. The van der Waals surface area contributed by atoms with E-state index in [1.165, 1.54) is 46.2 Å². The van der Waals surface area contributed by atoms with Crippen LogP contribution in [-0.2, 0) is 30.3 Å². The second kappa shape index (κ2) is 44.4. The Balaban J connectivity index is 0.000000143. The molecule has 17 aromatic rings. The van der Waals surface area contributed by atoms with Crippen molar-refractivity contribution >= 4 is 87.6 Å². The number of rotatable bonds is 23. The van der Waals surface area contributed by atoms with Crippen molar-refractivity contribution in [2.45, 2.75) is 67.2 Å². The molecule has 8 aromatic heterocycles. The number of aliphatic hydroxyl groups excluding tert-OH is 1. The number of ether oxygens (including phenoxy) is 5. The summed E-state index contributed by atoms with van der Waals surface area (Å²) in [5.74, 6) is 2.93. The molecule has 9 aromatic carbocycles. The summed E-state index contributed by atoms with van der Waals surface area (Å²) >= 11 is 0. The number of esters is 1. The number of pyridine rings is 4. The number of imidazole rings is 4. The second-order valence-corrected chi connectivity index (χ2v) is 29.0. The molecule has 0 bridgehead atoms. The van der Waals surface area contributed by atoms with Gasteiger partial charge in [0, 0.05) is 53.1 Å². The van der Waals surface area contributed by atoms with Gasteiger partial charge in [0.2, 0.25) is 0 Å². The third kappa shape index (κ3) is 23.5. The number of aliphatic hydroxyl groups is 1. The molecule has 0 spiro atoms. The number of carbonyl (C=O) groups is 2. The van der Waals surface area contributed by atoms with E-state index in [1.54, 1.807) is 43.5 Å². The van der Waals surface area contributed by atoms with E-state index in [4.69, 9.17) is 24.1 Å². The quantitative estimate of drug-likeness (QED) is 0.0357. The normalized spacial score (nSPS) is 10.7. The largest absolute Gasteiger partial charge is 1.00 e. The van der Waals surface area contributed by atoms with Gasteiger partial charge in [0.05, 0.1) is 70.4 Å². The maximum Gasteiger partial charge on any atom is 0.339 e. The molecule has 0 aliphatic heterocycles. The Labute approximate surface area is 700 Å². The molecule has 0 aliphatic carbocycles. The minimum absolute atomic E-state index is 0. The first-order valence-electron chi connectivity index (χ1n) is 39.2. The number of nitrogens with zero attached hydrogens (tertiary/aromatic N) is 12. The van der Waals surface area contributed by atoms with Crippen molar-refractivity contribution in [1.82, 2.24) is 58.1 Å². The molecule has 0 atom stereocenters. The summed E-state index contributed by atoms with van der Waals surface area (Å²) in [4.78, 5) is 57.3. The van der Waals surface area contributed by atoms with Crippen LogP contribution in [0.3, 0.4) is 0 Å². The molecule has 22 heteroatoms. The number of methoxy groups -OCH3 is 1. The molecule has 20 nitrogen and oxygen atoms in total. The van der Waals surface area contributed by atoms with Crippen LogP contribution in [0.5, 0.6) is 23.0 Å². The summed E-state index contributed by atoms with van der Waals surface area (Å²) in [5, 5.41) is 12.1. The smallest absolute Gasteiger partial charge is 0.339 e. The van der Waals surface area contributed by atoms with Crippen molar-refractivity contribution in [3.05, 3.63) is 362 Å². The lowest BCUT2D eigenvalue weighted by Gasteiger charge is -2.11. The number of aryl methyl sites for hydroxylation is 2. The Bertz CT molecular complexity index is 5930. The number of aldehydes is 1. The summed E-state index contributed by atoms with van der Waals surface area (Å²) in [6, 6.07) is 90.1. The minimum atomic E-state index is -0.771. The fraction of sp³-hybridized carbons (Fsp3) is 0.155. The van der Waals surface area contributed by atoms with Crippen LogP contribution in [0.15, 0.2) is 317 Å². The molecule has 602 valence electrons. The summed E-state index contributed by atoms with van der Waals surface area (Å²) in [6.45, 7) is 14.8. The third-order valence-corrected chi connectivity index (χ3v) is 21.5. The Morgan fingerprint density at radius 1 is 0.361 bits per heavy atom. The zero-order valence-electron chi connectivity index (χ0n) is 67.5. The molecule has 8 heterocycles. The van der Waals surface area contributed by atoms with E-state index in [0.29, 0.717) is 54.2 Å². The van der Waals surface area contributed by atoms with E-state index in [0.717, 1.165) is 110 Å². The van der Waals surface area contributed by atoms with Gasteiger partial charge in [-0.15, -0.1) is 0 Å². The summed E-state index contributed by atoms with van der Waals surface area (Å²) in [7, 11) is 0.567. The molecule has 17 rings (SSSR count). The van der Waals surface area contributed by atoms with E-state index in [2.05, 4.69) is 186 Å². The molecule has 0 aliphatic rings. The van der Waals surface area contributed by atoms with Gasteiger partial charge < -0.3 is 41.2 Å². The first kappa shape index (κ1) is 86.1. The van der Waals surface area contributed by atoms with E-state index < -0.39 is 13.9 Å². The number of carbonyl (C=O) groups excluding carboxylic acids is 2. The molecule has 119 heavy (non-hydrogen) atoms. The predicted molar refractivity (Wildman–Crippen MR) is 474 cm³/mol. The lowest BCUT2D eigenvalue weighted by molar-refractivity contribution is -0.0000467. The number of fused-ring (bicyclic) bond motifs is 4. The number of aromatic nitrogens is 12. The Kier molecular flexibility index (Phi) is 32.1. The monoisotopic (exact) mass is 1620 g/mol. The van der Waals surface area contributed by atoms with Crippen molar-refractivity contribution < 1.29 is 50.8 Å². The Morgan fingerprint density at radius 2 is 0.689 bits per heavy atom. The minimum Gasteiger partial charge on any atom is -1.00 e. The van der Waals surface area contributed by atoms with Gasteiger partial charge in [-0.3, -0.25) is 23.1 Å². The van der Waals surface area contributed by atoms with Crippen molar-refractivity contribution in [1.29, 1.82) is 0 Å². The number of halogens is 1. The van der Waals surface area contributed by atoms with E-state index in [1.807, 2.05) is 198 Å². The van der Waals surface area contributed by atoms with Crippen LogP contribution in [-0.4, -0.2) is 109 Å². The number of hydrogen-bond donors (Lipinski definition) is 1. The number of hydrogen-bond acceptors (Lipinski definition) is 16. The molecule has 0 saturated carbocycles. The van der Waals surface area contributed by atoms with Gasteiger partial charge in [0.1, 0.15) is 70.4 Å². The summed E-state index contributed by atoms with van der Waals surface area (Å²) < 4.78 is 34.1. The average molecular weight is 1620 g/mol. The Morgan fingerprint density at radius 3 is 1.06 bits per heavy atom. The SMILES string of the molecule is CCOc1ccc(-n2cnc3cc(/C=C\c4ccc(CC)cc4)cnc32)cc1.CCOc1ccc(-n2cnc3cc(C(=O)OC)cnc32)cc1.CCOc1ccc(-n2cnc3cc(C=O)cnc32)cc1.CCOc1ccc(-n2cnc3cc(CO)cnc32)cc1.CCc1ccc(C[PH+](c2ccccc2)c2ccccc2)cc1.[Cl-].c1ccccc1. The summed E-state index contributed by atoms with van der Waals surface area (Å²) in [6.07, 6.45) is 21.7. The highest BCUT2D eigenvalue weighted by atomic mass is 35.5. The lowest BCUT2D eigenvalue weighted by Crippen LogP contribution is -3.00. The second-order valence-electron chi connectivity index (χ2n) is 26.5. The molecular formula is C97H94ClN12O8P. The van der Waals surface area contributed by atoms with Crippen LogP contribution in [0.4, 0.5) is 0 Å². The van der Waals surface area contributed by atoms with E-state index in [9.17, 15) is 9.59 Å². The summed E-state index contributed by atoms with van der Waals surface area (Å²) in [5.41, 5.74) is 17.9. The molecule has 1 N–H and O–H groups in total. The van der Waals surface area contributed by atoms with Gasteiger partial charge in [-0.05, 0) is 220 Å². The van der Waals surface area contributed by atoms with Crippen molar-refractivity contribution in [3.8, 4) is 45.7 Å². The first-order valence-corrected chi connectivity index (χ1v) is 40.9. The van der Waals surface area contributed by atoms with Gasteiger partial charge in [0.25, 0.3) is 0 Å². The van der Waals surface area contributed by atoms with Gasteiger partial charge in [-0.2, -0.15) is 0 Å². The van der Waals surface area contributed by atoms with Gasteiger partial charge >= 0.3 is 5.97 Å². The molecule has 0 fully saturated rings. The van der Waals surface area contributed by atoms with Crippen LogP contribution in [0.25, 0.3) is 79.6 Å². The standard InChI is InChI=1S/C24H23N3O.C21H21P.C16H15N3O3.C15H15N3O2.C15H13N3O2.C6H6.ClH/c1-3-18-5-7-19(8-6-18)9-10-20-15-23-24(25-16-20)27(17-26-23)21-11-13-22(14-12-21)28-4-2;1-2-18-13-15-19(16-14-18)17-22(20-9-5-3-6-10-20)21-11-7-4-8-12-21;1-3-22-13-6-4-12(5-7-13)19-10-18-14-8-11(16(20)21-2)9-17-15(14)19;2*1-2-20-13-5-3-12(4-6-13)18-10-17-14-7-11(9-19)8-16-15(14)18;1-2-4-6-5-3-1;/h5-17H,3-4H2,1-2H3;3-16H,2,17H2,1H3;4-10H,3H2,1-2H3;3-8,10,19H,2,9H2,1H3;3-10H,2H2,1H3;1-6H;1H/b10-9-;;;;;;. The average Bonchev–Trinajstić information content (AvgIpc) is 1.69. The highest BCUT2D eigenvalue weighted by Gasteiger charge is 2.23. The van der Waals surface area contributed by atoms with Crippen LogP contribution < -0.4 is 42.0 Å². The first-order chi connectivity index (χ1) is 58.0. The molecular weight excluding hydrogens is 1530 g/mol. The fourth-order valence-corrected chi connectivity index (χ4v) is 15.1.